The Morgan fingerprint density at radius 2 is 2.40 bits per heavy atom. The van der Waals surface area contributed by atoms with Crippen molar-refractivity contribution in [2.24, 2.45) is 7.05 Å². The average molecular weight is 205 g/mol. The number of imidazole rings is 1. The molecule has 0 aliphatic rings. The fourth-order valence-corrected chi connectivity index (χ4v) is 1.23. The molecule has 0 aliphatic heterocycles. The van der Waals surface area contributed by atoms with Crippen molar-refractivity contribution in [1.29, 1.82) is 0 Å². The Balaban J connectivity index is 1.96. The molecule has 0 aromatic carbocycles. The van der Waals surface area contributed by atoms with E-state index in [0.717, 1.165) is 0 Å². The molecule has 0 bridgehead atoms. The lowest BCUT2D eigenvalue weighted by Gasteiger charge is -2.05. The summed E-state index contributed by atoms with van der Waals surface area (Å²) in [7, 11) is 1.77. The van der Waals surface area contributed by atoms with Crippen molar-refractivity contribution >= 4 is 11.7 Å². The van der Waals surface area contributed by atoms with Crippen molar-refractivity contribution < 1.29 is 4.79 Å². The van der Waals surface area contributed by atoms with Gasteiger partial charge in [-0.3, -0.25) is 9.48 Å². The van der Waals surface area contributed by atoms with Gasteiger partial charge in [-0.2, -0.15) is 5.10 Å². The number of carbonyl (C=O) groups is 1. The summed E-state index contributed by atoms with van der Waals surface area (Å²) in [4.78, 5) is 15.4. The Kier molecular flexibility index (Phi) is 2.49. The zero-order valence-electron chi connectivity index (χ0n) is 8.29. The first-order valence-corrected chi connectivity index (χ1v) is 4.49. The van der Waals surface area contributed by atoms with Crippen LogP contribution in [0.25, 0.3) is 0 Å². The third kappa shape index (κ3) is 2.22. The van der Waals surface area contributed by atoms with Crippen molar-refractivity contribution in [1.82, 2.24) is 19.3 Å². The summed E-state index contributed by atoms with van der Waals surface area (Å²) < 4.78 is 3.30. The molecule has 1 N–H and O–H groups in total. The number of nitrogens with zero attached hydrogens (tertiary/aromatic N) is 4. The minimum atomic E-state index is -0.100. The van der Waals surface area contributed by atoms with E-state index in [1.807, 2.05) is 0 Å². The Hall–Kier alpha value is -2.11. The van der Waals surface area contributed by atoms with E-state index in [0.29, 0.717) is 5.82 Å². The molecule has 2 aromatic heterocycles. The number of rotatable bonds is 3. The third-order valence-electron chi connectivity index (χ3n) is 1.97. The van der Waals surface area contributed by atoms with E-state index in [1.165, 1.54) is 0 Å². The van der Waals surface area contributed by atoms with E-state index >= 15 is 0 Å². The fourth-order valence-electron chi connectivity index (χ4n) is 1.23. The predicted molar refractivity (Wildman–Crippen MR) is 54.1 cm³/mol. The molecule has 2 aromatic rings. The second-order valence-corrected chi connectivity index (χ2v) is 3.12. The number of carbonyl (C=O) groups excluding carboxylic acids is 1. The van der Waals surface area contributed by atoms with Crippen LogP contribution in [0.4, 0.5) is 5.82 Å². The van der Waals surface area contributed by atoms with Crippen LogP contribution in [0, 0.1) is 0 Å². The van der Waals surface area contributed by atoms with Gasteiger partial charge in [0.2, 0.25) is 5.91 Å². The van der Waals surface area contributed by atoms with E-state index in [4.69, 9.17) is 0 Å². The molecule has 2 rings (SSSR count). The van der Waals surface area contributed by atoms with Gasteiger partial charge in [0.25, 0.3) is 0 Å². The molecule has 6 nitrogen and oxygen atoms in total. The molecule has 0 spiro atoms. The molecule has 0 radical (unpaired) electrons. The van der Waals surface area contributed by atoms with Crippen LogP contribution in [0.3, 0.4) is 0 Å². The van der Waals surface area contributed by atoms with Crippen LogP contribution in [0.5, 0.6) is 0 Å². The summed E-state index contributed by atoms with van der Waals surface area (Å²) in [5, 5.41) is 6.69. The van der Waals surface area contributed by atoms with Crippen LogP contribution < -0.4 is 5.32 Å². The molecule has 0 saturated carbocycles. The first-order chi connectivity index (χ1) is 7.25. The highest BCUT2D eigenvalue weighted by atomic mass is 16.2. The first kappa shape index (κ1) is 9.45. The molecular formula is C9H11N5O. The van der Waals surface area contributed by atoms with Crippen molar-refractivity contribution in [3.63, 3.8) is 0 Å². The predicted octanol–water partition coefficient (Wildman–Crippen LogP) is 0.255. The molecule has 0 saturated heterocycles. The van der Waals surface area contributed by atoms with Crippen LogP contribution in [0.2, 0.25) is 0 Å². The molecule has 78 valence electrons. The van der Waals surface area contributed by atoms with E-state index in [9.17, 15) is 4.79 Å². The zero-order chi connectivity index (χ0) is 10.7. The number of hydrogen-bond donors (Lipinski definition) is 1. The van der Waals surface area contributed by atoms with Gasteiger partial charge in [-0.05, 0) is 0 Å². The van der Waals surface area contributed by atoms with Gasteiger partial charge in [0.1, 0.15) is 12.4 Å². The number of aryl methyl sites for hydroxylation is 1. The molecule has 2 heterocycles. The Morgan fingerprint density at radius 3 is 3.00 bits per heavy atom. The highest BCUT2D eigenvalue weighted by Gasteiger charge is 2.05. The molecule has 0 aliphatic carbocycles. The quantitative estimate of drug-likeness (QED) is 0.781. The number of hydrogen-bond acceptors (Lipinski definition) is 3. The summed E-state index contributed by atoms with van der Waals surface area (Å²) >= 11 is 0. The van der Waals surface area contributed by atoms with Crippen molar-refractivity contribution in [2.75, 3.05) is 5.32 Å². The Labute approximate surface area is 86.5 Å². The number of aromatic nitrogens is 4. The van der Waals surface area contributed by atoms with Crippen molar-refractivity contribution in [2.45, 2.75) is 6.54 Å². The average Bonchev–Trinajstić information content (AvgIpc) is 2.79. The number of anilines is 1. The number of amides is 1. The highest BCUT2D eigenvalue weighted by molar-refractivity contribution is 5.89. The summed E-state index contributed by atoms with van der Waals surface area (Å²) in [6.07, 6.45) is 6.61. The SMILES string of the molecule is Cn1nccc1NC(=O)Cn1ccnc1. The largest absolute Gasteiger partial charge is 0.328 e. The third-order valence-corrected chi connectivity index (χ3v) is 1.97. The van der Waals surface area contributed by atoms with Crippen LogP contribution in [-0.4, -0.2) is 25.2 Å². The standard InChI is InChI=1S/C9H11N5O/c1-13-8(2-3-11-13)12-9(15)6-14-5-4-10-7-14/h2-5,7H,6H2,1H3,(H,12,15). The van der Waals surface area contributed by atoms with E-state index in [2.05, 4.69) is 15.4 Å². The maximum atomic E-state index is 11.5. The van der Waals surface area contributed by atoms with Gasteiger partial charge in [0.15, 0.2) is 0 Å². The molecular weight excluding hydrogens is 194 g/mol. The Bertz CT molecular complexity index is 445. The second kappa shape index (κ2) is 3.95. The van der Waals surface area contributed by atoms with E-state index in [-0.39, 0.29) is 12.5 Å². The lowest BCUT2D eigenvalue weighted by molar-refractivity contribution is -0.116. The lowest BCUT2D eigenvalue weighted by atomic mass is 10.5. The maximum absolute atomic E-state index is 11.5. The fraction of sp³-hybridized carbons (Fsp3) is 0.222. The second-order valence-electron chi connectivity index (χ2n) is 3.12. The minimum Gasteiger partial charge on any atom is -0.328 e. The molecule has 0 unspecified atom stereocenters. The van der Waals surface area contributed by atoms with Gasteiger partial charge in [-0.25, -0.2) is 4.98 Å². The topological polar surface area (TPSA) is 64.7 Å². The Morgan fingerprint density at radius 1 is 1.53 bits per heavy atom. The van der Waals surface area contributed by atoms with Crippen molar-refractivity contribution in [3.8, 4) is 0 Å². The summed E-state index contributed by atoms with van der Waals surface area (Å²) in [6.45, 7) is 0.255. The summed E-state index contributed by atoms with van der Waals surface area (Å²) in [5.41, 5.74) is 0. The van der Waals surface area contributed by atoms with Gasteiger partial charge < -0.3 is 9.88 Å². The zero-order valence-corrected chi connectivity index (χ0v) is 8.29. The summed E-state index contributed by atoms with van der Waals surface area (Å²) in [6, 6.07) is 1.74. The highest BCUT2D eigenvalue weighted by Crippen LogP contribution is 2.03. The van der Waals surface area contributed by atoms with Gasteiger partial charge in [0, 0.05) is 25.5 Å². The molecule has 15 heavy (non-hydrogen) atoms. The van der Waals surface area contributed by atoms with Gasteiger partial charge in [-0.15, -0.1) is 0 Å². The van der Waals surface area contributed by atoms with E-state index < -0.39 is 0 Å². The molecule has 0 fully saturated rings. The van der Waals surface area contributed by atoms with Gasteiger partial charge >= 0.3 is 0 Å². The first-order valence-electron chi connectivity index (χ1n) is 4.49. The molecule has 1 amide bonds. The van der Waals surface area contributed by atoms with Gasteiger partial charge in [-0.1, -0.05) is 0 Å². The lowest BCUT2D eigenvalue weighted by Crippen LogP contribution is -2.19. The summed E-state index contributed by atoms with van der Waals surface area (Å²) in [5.74, 6) is 0.580. The van der Waals surface area contributed by atoms with Crippen molar-refractivity contribution in [3.05, 3.63) is 31.0 Å². The van der Waals surface area contributed by atoms with E-state index in [1.54, 1.807) is 47.3 Å². The molecule has 0 atom stereocenters. The van der Waals surface area contributed by atoms with Crippen LogP contribution in [-0.2, 0) is 18.4 Å². The van der Waals surface area contributed by atoms with Crippen LogP contribution in [0.1, 0.15) is 0 Å². The smallest absolute Gasteiger partial charge is 0.245 e. The normalized spacial score (nSPS) is 10.2. The maximum Gasteiger partial charge on any atom is 0.245 e. The van der Waals surface area contributed by atoms with Crippen LogP contribution >= 0.6 is 0 Å². The van der Waals surface area contributed by atoms with Gasteiger partial charge in [0.05, 0.1) is 12.5 Å². The minimum absolute atomic E-state index is 0.100. The number of nitrogens with one attached hydrogen (secondary N) is 1. The van der Waals surface area contributed by atoms with Crippen LogP contribution in [0.15, 0.2) is 31.0 Å². The molecule has 6 heteroatoms. The monoisotopic (exact) mass is 205 g/mol.